The summed E-state index contributed by atoms with van der Waals surface area (Å²) in [4.78, 5) is 31.1. The van der Waals surface area contributed by atoms with Gasteiger partial charge in [-0.1, -0.05) is 50.3 Å². The van der Waals surface area contributed by atoms with Gasteiger partial charge in [-0.15, -0.1) is 0 Å². The minimum Gasteiger partial charge on any atom is -0.387 e. The number of ketones is 1. The van der Waals surface area contributed by atoms with Gasteiger partial charge >= 0.3 is 0 Å². The van der Waals surface area contributed by atoms with E-state index in [9.17, 15) is 9.59 Å². The van der Waals surface area contributed by atoms with Gasteiger partial charge in [0.05, 0.1) is 5.70 Å². The number of benzene rings is 1. The molecule has 2 aliphatic rings. The van der Waals surface area contributed by atoms with Crippen LogP contribution in [-0.2, 0) is 4.79 Å². The molecule has 158 valence electrons. The monoisotopic (exact) mass is 405 g/mol. The van der Waals surface area contributed by atoms with Gasteiger partial charge in [-0.05, 0) is 43.4 Å². The van der Waals surface area contributed by atoms with Crippen LogP contribution in [0.5, 0.6) is 0 Å². The molecule has 0 fully saturated rings. The molecule has 0 aromatic heterocycles. The molecule has 1 atom stereocenters. The number of allylic oxidation sites excluding steroid dienone is 3. The van der Waals surface area contributed by atoms with E-state index < -0.39 is 0 Å². The number of hydrogen-bond donors (Lipinski definition) is 1. The van der Waals surface area contributed by atoms with Crippen LogP contribution in [0.1, 0.15) is 68.3 Å². The number of amides is 1. The zero-order valence-electron chi connectivity index (χ0n) is 18.1. The average Bonchev–Trinajstić information content (AvgIpc) is 2.90. The van der Waals surface area contributed by atoms with Crippen LogP contribution < -0.4 is 5.73 Å². The highest BCUT2D eigenvalue weighted by Gasteiger charge is 2.24. The molecule has 1 heterocycles. The van der Waals surface area contributed by atoms with E-state index in [2.05, 4.69) is 31.0 Å². The number of rotatable bonds is 7. The van der Waals surface area contributed by atoms with Crippen LogP contribution in [0.15, 0.2) is 64.3 Å². The molecule has 1 amide bonds. The minimum atomic E-state index is 0.0564. The van der Waals surface area contributed by atoms with Crippen LogP contribution in [-0.4, -0.2) is 35.5 Å². The van der Waals surface area contributed by atoms with Crippen LogP contribution in [0.2, 0.25) is 0 Å². The Kier molecular flexibility index (Phi) is 7.03. The number of fused-ring (bicyclic) bond motifs is 1. The Morgan fingerprint density at radius 3 is 2.40 bits per heavy atom. The molecular formula is C25H31N3O2. The maximum Gasteiger partial charge on any atom is 0.250 e. The predicted molar refractivity (Wildman–Crippen MR) is 121 cm³/mol. The van der Waals surface area contributed by atoms with E-state index >= 15 is 0 Å². The first kappa shape index (κ1) is 21.8. The molecule has 0 saturated heterocycles. The number of Topliss-reactive ketones (excluding diaryl/α,β-unsaturated/α-hetero) is 1. The molecule has 0 radical (unpaired) electrons. The zero-order valence-corrected chi connectivity index (χ0v) is 18.1. The highest BCUT2D eigenvalue weighted by atomic mass is 16.2. The number of nitrogens with two attached hydrogens (primary N) is 1. The second-order valence-corrected chi connectivity index (χ2v) is 7.97. The van der Waals surface area contributed by atoms with Gasteiger partial charge in [0.15, 0.2) is 5.78 Å². The van der Waals surface area contributed by atoms with E-state index in [0.717, 1.165) is 49.2 Å². The molecule has 2 N–H and O–H groups in total. The molecule has 30 heavy (non-hydrogen) atoms. The molecule has 0 saturated carbocycles. The molecule has 1 aromatic rings. The first-order valence-electron chi connectivity index (χ1n) is 10.8. The lowest BCUT2D eigenvalue weighted by molar-refractivity contribution is -0.127. The van der Waals surface area contributed by atoms with Crippen molar-refractivity contribution in [2.24, 2.45) is 10.7 Å². The highest BCUT2D eigenvalue weighted by Crippen LogP contribution is 2.34. The second kappa shape index (κ2) is 9.70. The van der Waals surface area contributed by atoms with Crippen molar-refractivity contribution in [1.29, 1.82) is 0 Å². The molecule has 1 aromatic carbocycles. The molecule has 3 rings (SSSR count). The summed E-state index contributed by atoms with van der Waals surface area (Å²) < 4.78 is 0. The lowest BCUT2D eigenvalue weighted by Crippen LogP contribution is -2.34. The third-order valence-electron chi connectivity index (χ3n) is 5.51. The normalized spacial score (nSPS) is 18.3. The summed E-state index contributed by atoms with van der Waals surface area (Å²) in [6, 6.07) is 7.73. The Morgan fingerprint density at radius 2 is 1.80 bits per heavy atom. The Labute approximate surface area is 179 Å². The maximum absolute atomic E-state index is 13.1. The Bertz CT molecular complexity index is 930. The van der Waals surface area contributed by atoms with Crippen molar-refractivity contribution < 1.29 is 9.59 Å². The quantitative estimate of drug-likeness (QED) is 0.678. The van der Waals surface area contributed by atoms with Crippen LogP contribution in [0, 0.1) is 0 Å². The Balaban J connectivity index is 1.86. The summed E-state index contributed by atoms with van der Waals surface area (Å²) in [6.07, 6.45) is 9.27. The summed E-state index contributed by atoms with van der Waals surface area (Å²) in [6.45, 7) is 7.24. The summed E-state index contributed by atoms with van der Waals surface area (Å²) in [5, 5.41) is 0. The maximum atomic E-state index is 13.1. The van der Waals surface area contributed by atoms with E-state index in [4.69, 9.17) is 5.73 Å². The van der Waals surface area contributed by atoms with Crippen molar-refractivity contribution in [3.05, 3.63) is 70.5 Å². The van der Waals surface area contributed by atoms with E-state index in [1.807, 2.05) is 35.2 Å². The van der Waals surface area contributed by atoms with Crippen molar-refractivity contribution in [3.63, 3.8) is 0 Å². The number of nitrogens with zero attached hydrogens (tertiary/aromatic N) is 2. The third-order valence-corrected chi connectivity index (χ3v) is 5.51. The number of aliphatic imine (C=N–C) groups is 1. The van der Waals surface area contributed by atoms with Crippen LogP contribution in [0.25, 0.3) is 0 Å². The van der Waals surface area contributed by atoms with Crippen molar-refractivity contribution in [2.75, 3.05) is 13.1 Å². The SMILES string of the molecule is CCCN(CCC)C(=O)C1=CC2=CCC(c3ccc(C(C)=O)cc3)C=C2N=C(N)C1. The molecule has 1 aliphatic heterocycles. The molecule has 1 aliphatic carbocycles. The zero-order chi connectivity index (χ0) is 21.7. The van der Waals surface area contributed by atoms with Crippen LogP contribution in [0.3, 0.4) is 0 Å². The van der Waals surface area contributed by atoms with E-state index in [0.29, 0.717) is 23.4 Å². The highest BCUT2D eigenvalue weighted by molar-refractivity contribution is 6.01. The molecule has 5 nitrogen and oxygen atoms in total. The van der Waals surface area contributed by atoms with Crippen molar-refractivity contribution in [1.82, 2.24) is 4.90 Å². The number of carbonyl (C=O) groups excluding carboxylic acids is 2. The largest absolute Gasteiger partial charge is 0.387 e. The minimum absolute atomic E-state index is 0.0564. The fraction of sp³-hybridized carbons (Fsp3) is 0.400. The average molecular weight is 406 g/mol. The third kappa shape index (κ3) is 4.96. The van der Waals surface area contributed by atoms with Crippen LogP contribution >= 0.6 is 0 Å². The molecule has 0 spiro atoms. The van der Waals surface area contributed by atoms with Gasteiger partial charge in [0, 0.05) is 36.6 Å². The van der Waals surface area contributed by atoms with E-state index in [1.54, 1.807) is 6.92 Å². The predicted octanol–water partition coefficient (Wildman–Crippen LogP) is 4.52. The first-order chi connectivity index (χ1) is 14.4. The summed E-state index contributed by atoms with van der Waals surface area (Å²) in [5.74, 6) is 0.753. The molecule has 0 bridgehead atoms. The smallest absolute Gasteiger partial charge is 0.250 e. The second-order valence-electron chi connectivity index (χ2n) is 7.97. The molecule has 1 unspecified atom stereocenters. The summed E-state index contributed by atoms with van der Waals surface area (Å²) in [5.41, 5.74) is 10.5. The fourth-order valence-corrected chi connectivity index (χ4v) is 3.97. The van der Waals surface area contributed by atoms with Crippen molar-refractivity contribution >= 4 is 17.5 Å². The molecule has 5 heteroatoms. The van der Waals surface area contributed by atoms with Gasteiger partial charge in [-0.3, -0.25) is 9.59 Å². The van der Waals surface area contributed by atoms with Gasteiger partial charge in [-0.25, -0.2) is 4.99 Å². The topological polar surface area (TPSA) is 75.8 Å². The molecular weight excluding hydrogens is 374 g/mol. The van der Waals surface area contributed by atoms with Crippen molar-refractivity contribution in [3.8, 4) is 0 Å². The fourth-order valence-electron chi connectivity index (χ4n) is 3.97. The van der Waals surface area contributed by atoms with Gasteiger partial charge < -0.3 is 10.6 Å². The van der Waals surface area contributed by atoms with Gasteiger partial charge in [-0.2, -0.15) is 0 Å². The first-order valence-corrected chi connectivity index (χ1v) is 10.8. The van der Waals surface area contributed by atoms with Gasteiger partial charge in [0.25, 0.3) is 0 Å². The lowest BCUT2D eigenvalue weighted by Gasteiger charge is -2.23. The standard InChI is InChI=1S/C25H31N3O2/c1-4-12-28(13-5-2)25(30)22-14-21-11-10-20(15-23(21)27-24(26)16-22)19-8-6-18(7-9-19)17(3)29/h6-9,11,14-15,20H,4-5,10,12-13,16H2,1-3H3,(H2,26,27). The van der Waals surface area contributed by atoms with Gasteiger partial charge in [0.1, 0.15) is 5.84 Å². The lowest BCUT2D eigenvalue weighted by atomic mass is 9.87. The summed E-state index contributed by atoms with van der Waals surface area (Å²) in [7, 11) is 0. The van der Waals surface area contributed by atoms with Crippen molar-refractivity contribution in [2.45, 2.75) is 52.4 Å². The summed E-state index contributed by atoms with van der Waals surface area (Å²) >= 11 is 0. The number of amidine groups is 1. The van der Waals surface area contributed by atoms with Gasteiger partial charge in [0.2, 0.25) is 5.91 Å². The number of carbonyl (C=O) groups is 2. The Morgan fingerprint density at radius 1 is 1.13 bits per heavy atom. The van der Waals surface area contributed by atoms with E-state index in [-0.39, 0.29) is 17.6 Å². The Hall–Kier alpha value is -2.95. The number of hydrogen-bond acceptors (Lipinski definition) is 4. The van der Waals surface area contributed by atoms with E-state index in [1.165, 1.54) is 0 Å². The van der Waals surface area contributed by atoms with Crippen LogP contribution in [0.4, 0.5) is 0 Å².